The highest BCUT2D eigenvalue weighted by molar-refractivity contribution is 6.30. The minimum absolute atomic E-state index is 0.154. The third-order valence-electron chi connectivity index (χ3n) is 3.73. The summed E-state index contributed by atoms with van der Waals surface area (Å²) in [5, 5.41) is 0.607. The average molecular weight is 377 g/mol. The van der Waals surface area contributed by atoms with Crippen molar-refractivity contribution < 1.29 is 19.1 Å². The van der Waals surface area contributed by atoms with Crippen LogP contribution in [0.1, 0.15) is 17.5 Å². The van der Waals surface area contributed by atoms with Gasteiger partial charge in [-0.15, -0.1) is 0 Å². The molecule has 26 heavy (non-hydrogen) atoms. The number of ether oxygens (including phenoxy) is 2. The number of amides is 2. The molecular weight excluding hydrogens is 356 g/mol. The summed E-state index contributed by atoms with van der Waals surface area (Å²) in [5.74, 6) is 0.779. The van der Waals surface area contributed by atoms with Gasteiger partial charge in [-0.25, -0.2) is 0 Å². The third kappa shape index (κ3) is 5.97. The molecule has 0 aliphatic rings. The second-order valence-electron chi connectivity index (χ2n) is 5.58. The van der Waals surface area contributed by atoms with Gasteiger partial charge in [0.05, 0.1) is 20.6 Å². The molecule has 7 heteroatoms. The van der Waals surface area contributed by atoms with Crippen molar-refractivity contribution in [1.29, 1.82) is 0 Å². The van der Waals surface area contributed by atoms with Gasteiger partial charge in [0.1, 0.15) is 11.5 Å². The van der Waals surface area contributed by atoms with E-state index in [4.69, 9.17) is 21.1 Å². The van der Waals surface area contributed by atoms with Gasteiger partial charge in [0.15, 0.2) is 0 Å². The molecule has 0 saturated heterocycles. The van der Waals surface area contributed by atoms with Crippen LogP contribution in [0.3, 0.4) is 0 Å². The first-order chi connectivity index (χ1) is 12.5. The van der Waals surface area contributed by atoms with Gasteiger partial charge >= 0.3 is 0 Å². The lowest BCUT2D eigenvalue weighted by molar-refractivity contribution is -0.128. The van der Waals surface area contributed by atoms with Gasteiger partial charge < -0.3 is 9.47 Å². The van der Waals surface area contributed by atoms with Gasteiger partial charge in [0.25, 0.3) is 0 Å². The van der Waals surface area contributed by atoms with Gasteiger partial charge in [0, 0.05) is 11.4 Å². The van der Waals surface area contributed by atoms with E-state index >= 15 is 0 Å². The monoisotopic (exact) mass is 376 g/mol. The summed E-state index contributed by atoms with van der Waals surface area (Å²) >= 11 is 5.80. The number of hydrazine groups is 1. The molecule has 0 spiro atoms. The van der Waals surface area contributed by atoms with Crippen LogP contribution in [0, 0.1) is 0 Å². The van der Waals surface area contributed by atoms with Gasteiger partial charge in [-0.3, -0.25) is 20.4 Å². The average Bonchev–Trinajstić information content (AvgIpc) is 2.66. The molecule has 0 aromatic heterocycles. The molecule has 0 saturated carbocycles. The minimum Gasteiger partial charge on any atom is -0.497 e. The highest BCUT2D eigenvalue weighted by Crippen LogP contribution is 2.25. The van der Waals surface area contributed by atoms with Crippen molar-refractivity contribution >= 4 is 23.4 Å². The van der Waals surface area contributed by atoms with Crippen molar-refractivity contribution in [1.82, 2.24) is 10.9 Å². The Morgan fingerprint density at radius 2 is 1.65 bits per heavy atom. The minimum atomic E-state index is -0.306. The van der Waals surface area contributed by atoms with Crippen molar-refractivity contribution in [2.45, 2.75) is 19.3 Å². The topological polar surface area (TPSA) is 76.7 Å². The predicted octanol–water partition coefficient (Wildman–Crippen LogP) is 2.68. The van der Waals surface area contributed by atoms with E-state index in [0.717, 1.165) is 11.1 Å². The lowest BCUT2D eigenvalue weighted by Gasteiger charge is -2.11. The number of halogens is 1. The number of carbonyl (C=O) groups is 2. The molecule has 0 heterocycles. The highest BCUT2D eigenvalue weighted by atomic mass is 35.5. The molecule has 0 fully saturated rings. The number of nitrogens with one attached hydrogen (secondary N) is 2. The molecule has 138 valence electrons. The molecule has 2 aromatic rings. The van der Waals surface area contributed by atoms with Gasteiger partial charge in [-0.1, -0.05) is 23.7 Å². The number of methoxy groups -OCH3 is 2. The largest absolute Gasteiger partial charge is 0.497 e. The molecule has 2 N–H and O–H groups in total. The summed E-state index contributed by atoms with van der Waals surface area (Å²) in [6.45, 7) is 0. The number of carbonyl (C=O) groups excluding carboxylic acids is 2. The van der Waals surface area contributed by atoms with Crippen molar-refractivity contribution in [3.8, 4) is 11.5 Å². The Bertz CT molecular complexity index is 763. The quantitative estimate of drug-likeness (QED) is 0.728. The first kappa shape index (κ1) is 19.6. The van der Waals surface area contributed by atoms with Crippen LogP contribution in [0.5, 0.6) is 11.5 Å². The molecule has 0 unspecified atom stereocenters. The fourth-order valence-electron chi connectivity index (χ4n) is 2.36. The van der Waals surface area contributed by atoms with E-state index < -0.39 is 0 Å². The Hall–Kier alpha value is -2.73. The van der Waals surface area contributed by atoms with E-state index in [-0.39, 0.29) is 24.7 Å². The Morgan fingerprint density at radius 3 is 2.31 bits per heavy atom. The lowest BCUT2D eigenvalue weighted by Crippen LogP contribution is -2.42. The van der Waals surface area contributed by atoms with Crippen LogP contribution in [0.15, 0.2) is 42.5 Å². The summed E-state index contributed by atoms with van der Waals surface area (Å²) in [7, 11) is 3.15. The zero-order valence-corrected chi connectivity index (χ0v) is 15.4. The summed E-state index contributed by atoms with van der Waals surface area (Å²) in [5.41, 5.74) is 6.48. The van der Waals surface area contributed by atoms with E-state index in [1.54, 1.807) is 50.6 Å². The Kier molecular flexibility index (Phi) is 7.29. The zero-order valence-electron chi connectivity index (χ0n) is 14.7. The Balaban J connectivity index is 1.80. The van der Waals surface area contributed by atoms with Crippen LogP contribution in [-0.2, 0) is 22.4 Å². The van der Waals surface area contributed by atoms with Gasteiger partial charge in [-0.05, 0) is 47.9 Å². The van der Waals surface area contributed by atoms with Crippen molar-refractivity contribution in [2.75, 3.05) is 14.2 Å². The fraction of sp³-hybridized carbons (Fsp3) is 0.263. The van der Waals surface area contributed by atoms with Crippen LogP contribution in [-0.4, -0.2) is 26.0 Å². The van der Waals surface area contributed by atoms with Gasteiger partial charge in [0.2, 0.25) is 11.8 Å². The molecule has 0 radical (unpaired) electrons. The van der Waals surface area contributed by atoms with E-state index in [0.29, 0.717) is 22.9 Å². The molecule has 6 nitrogen and oxygen atoms in total. The number of aryl methyl sites for hydroxylation is 1. The maximum atomic E-state index is 12.0. The maximum absolute atomic E-state index is 12.0. The molecule has 0 aliphatic heterocycles. The van der Waals surface area contributed by atoms with Crippen LogP contribution in [0.25, 0.3) is 0 Å². The SMILES string of the molecule is COc1ccc(OC)c(CCC(=O)NNC(=O)Cc2ccc(Cl)cc2)c1. The molecular formula is C19H21ClN2O4. The predicted molar refractivity (Wildman–Crippen MR) is 99.3 cm³/mol. The van der Waals surface area contributed by atoms with E-state index in [2.05, 4.69) is 10.9 Å². The standard InChI is InChI=1S/C19H21ClN2O4/c1-25-16-8-9-17(26-2)14(12-16)5-10-18(23)21-22-19(24)11-13-3-6-15(20)7-4-13/h3-4,6-9,12H,5,10-11H2,1-2H3,(H,21,23)(H,22,24). The van der Waals surface area contributed by atoms with Crippen LogP contribution in [0.2, 0.25) is 5.02 Å². The molecule has 2 amide bonds. The van der Waals surface area contributed by atoms with E-state index in [1.807, 2.05) is 6.07 Å². The van der Waals surface area contributed by atoms with Crippen LogP contribution >= 0.6 is 11.6 Å². The normalized spacial score (nSPS) is 10.1. The second-order valence-corrected chi connectivity index (χ2v) is 6.01. The van der Waals surface area contributed by atoms with Crippen molar-refractivity contribution in [3.05, 3.63) is 58.6 Å². The molecule has 0 atom stereocenters. The van der Waals surface area contributed by atoms with Crippen molar-refractivity contribution in [2.24, 2.45) is 0 Å². The number of hydrogen-bond donors (Lipinski definition) is 2. The summed E-state index contributed by atoms with van der Waals surface area (Å²) < 4.78 is 10.5. The Morgan fingerprint density at radius 1 is 0.962 bits per heavy atom. The fourth-order valence-corrected chi connectivity index (χ4v) is 2.49. The summed E-state index contributed by atoms with van der Waals surface area (Å²) in [6, 6.07) is 12.4. The smallest absolute Gasteiger partial charge is 0.242 e. The first-order valence-corrected chi connectivity index (χ1v) is 8.42. The Labute approximate surface area is 157 Å². The first-order valence-electron chi connectivity index (χ1n) is 8.05. The third-order valence-corrected chi connectivity index (χ3v) is 3.98. The van der Waals surface area contributed by atoms with Crippen LogP contribution in [0.4, 0.5) is 0 Å². The summed E-state index contributed by atoms with van der Waals surface area (Å²) in [6.07, 6.45) is 0.811. The van der Waals surface area contributed by atoms with E-state index in [9.17, 15) is 9.59 Å². The molecule has 2 aromatic carbocycles. The highest BCUT2D eigenvalue weighted by Gasteiger charge is 2.10. The van der Waals surface area contributed by atoms with Gasteiger partial charge in [-0.2, -0.15) is 0 Å². The molecule has 0 bridgehead atoms. The number of rotatable bonds is 7. The second kappa shape index (κ2) is 9.68. The van der Waals surface area contributed by atoms with Crippen LogP contribution < -0.4 is 20.3 Å². The molecule has 2 rings (SSSR count). The number of hydrogen-bond acceptors (Lipinski definition) is 4. The zero-order chi connectivity index (χ0) is 18.9. The van der Waals surface area contributed by atoms with Crippen molar-refractivity contribution in [3.63, 3.8) is 0 Å². The lowest BCUT2D eigenvalue weighted by atomic mass is 10.1. The maximum Gasteiger partial charge on any atom is 0.242 e. The number of benzene rings is 2. The van der Waals surface area contributed by atoms with E-state index in [1.165, 1.54) is 0 Å². The summed E-state index contributed by atoms with van der Waals surface area (Å²) in [4.78, 5) is 23.8. The molecule has 0 aliphatic carbocycles.